The first-order valence-electron chi connectivity index (χ1n) is 6.47. The van der Waals surface area contributed by atoms with Gasteiger partial charge in [0.15, 0.2) is 0 Å². The first kappa shape index (κ1) is 17.1. The topological polar surface area (TPSA) is 50.4 Å². The zero-order chi connectivity index (χ0) is 16.9. The second-order valence-corrected chi connectivity index (χ2v) is 5.40. The highest BCUT2D eigenvalue weighted by Crippen LogP contribution is 2.23. The molecule has 0 bridgehead atoms. The number of rotatable bonds is 5. The molecular weight excluding hydrogens is 377 g/mol. The summed E-state index contributed by atoms with van der Waals surface area (Å²) in [6, 6.07) is 12.2. The summed E-state index contributed by atoms with van der Waals surface area (Å²) >= 11 is 3.31. The Balaban J connectivity index is 1.84. The molecule has 0 fully saturated rings. The minimum Gasteiger partial charge on any atom is -0.406 e. The van der Waals surface area contributed by atoms with Crippen LogP contribution in [0.15, 0.2) is 53.0 Å². The second kappa shape index (κ2) is 7.36. The van der Waals surface area contributed by atoms with Gasteiger partial charge in [0.05, 0.1) is 6.54 Å². The molecule has 0 aliphatic rings. The van der Waals surface area contributed by atoms with E-state index in [-0.39, 0.29) is 18.2 Å². The van der Waals surface area contributed by atoms with Gasteiger partial charge in [0.2, 0.25) is 5.91 Å². The quantitative estimate of drug-likeness (QED) is 0.797. The summed E-state index contributed by atoms with van der Waals surface area (Å²) in [7, 11) is 0. The SMILES string of the molecule is O=C(CNc1ccc(Br)cc1)Nc1ccc(OC(F)(F)F)cc1. The van der Waals surface area contributed by atoms with Crippen molar-refractivity contribution in [3.8, 4) is 5.75 Å². The molecule has 0 saturated heterocycles. The molecule has 2 aromatic rings. The minimum absolute atomic E-state index is 0.0302. The largest absolute Gasteiger partial charge is 0.573 e. The number of benzene rings is 2. The van der Waals surface area contributed by atoms with Crippen molar-refractivity contribution < 1.29 is 22.7 Å². The third kappa shape index (κ3) is 6.19. The molecule has 0 spiro atoms. The van der Waals surface area contributed by atoms with Crippen LogP contribution in [0.1, 0.15) is 0 Å². The third-order valence-corrected chi connectivity index (χ3v) is 3.20. The van der Waals surface area contributed by atoms with E-state index in [0.29, 0.717) is 5.69 Å². The molecule has 0 aromatic heterocycles. The van der Waals surface area contributed by atoms with E-state index in [2.05, 4.69) is 31.3 Å². The highest BCUT2D eigenvalue weighted by molar-refractivity contribution is 9.10. The summed E-state index contributed by atoms with van der Waals surface area (Å²) in [5.74, 6) is -0.666. The van der Waals surface area contributed by atoms with Gasteiger partial charge in [-0.3, -0.25) is 4.79 Å². The number of alkyl halides is 3. The van der Waals surface area contributed by atoms with E-state index in [1.807, 2.05) is 12.1 Å². The average molecular weight is 389 g/mol. The van der Waals surface area contributed by atoms with Gasteiger partial charge in [0.1, 0.15) is 5.75 Å². The number of carbonyl (C=O) groups excluding carboxylic acids is 1. The fourth-order valence-corrected chi connectivity index (χ4v) is 1.96. The molecule has 2 N–H and O–H groups in total. The second-order valence-electron chi connectivity index (χ2n) is 4.48. The Morgan fingerprint density at radius 2 is 1.57 bits per heavy atom. The Kier molecular flexibility index (Phi) is 5.49. The standard InChI is InChI=1S/C15H12BrF3N2O2/c16-10-1-3-11(4-2-10)20-9-14(22)21-12-5-7-13(8-6-12)23-15(17,18)19/h1-8,20H,9H2,(H,21,22). The maximum Gasteiger partial charge on any atom is 0.573 e. The van der Waals surface area contributed by atoms with Crippen molar-refractivity contribution in [2.75, 3.05) is 17.2 Å². The molecule has 23 heavy (non-hydrogen) atoms. The molecule has 1 amide bonds. The number of hydrogen-bond acceptors (Lipinski definition) is 3. The lowest BCUT2D eigenvalue weighted by Crippen LogP contribution is -2.21. The Labute approximate surface area is 138 Å². The van der Waals surface area contributed by atoms with Crippen LogP contribution in [-0.2, 0) is 4.79 Å². The molecule has 0 unspecified atom stereocenters. The van der Waals surface area contributed by atoms with Crippen LogP contribution in [0.4, 0.5) is 24.5 Å². The zero-order valence-corrected chi connectivity index (χ0v) is 13.2. The predicted octanol–water partition coefficient (Wildman–Crippen LogP) is 4.40. The summed E-state index contributed by atoms with van der Waals surface area (Å²) < 4.78 is 40.8. The van der Waals surface area contributed by atoms with Gasteiger partial charge < -0.3 is 15.4 Å². The smallest absolute Gasteiger partial charge is 0.406 e. The van der Waals surface area contributed by atoms with E-state index in [1.54, 1.807) is 12.1 Å². The summed E-state index contributed by atoms with van der Waals surface area (Å²) in [6.45, 7) is 0.0302. The molecule has 0 saturated carbocycles. The molecule has 0 aliphatic heterocycles. The molecule has 2 aromatic carbocycles. The molecule has 4 nitrogen and oxygen atoms in total. The monoisotopic (exact) mass is 388 g/mol. The fraction of sp³-hybridized carbons (Fsp3) is 0.133. The summed E-state index contributed by atoms with van der Waals surface area (Å²) in [4.78, 5) is 11.8. The summed E-state index contributed by atoms with van der Waals surface area (Å²) in [5, 5.41) is 5.49. The number of halogens is 4. The van der Waals surface area contributed by atoms with E-state index < -0.39 is 6.36 Å². The Morgan fingerprint density at radius 3 is 2.13 bits per heavy atom. The minimum atomic E-state index is -4.74. The molecule has 0 atom stereocenters. The van der Waals surface area contributed by atoms with Crippen LogP contribution < -0.4 is 15.4 Å². The molecule has 0 radical (unpaired) electrons. The van der Waals surface area contributed by atoms with Crippen molar-refractivity contribution >= 4 is 33.2 Å². The predicted molar refractivity (Wildman–Crippen MR) is 84.4 cm³/mol. The van der Waals surface area contributed by atoms with Crippen molar-refractivity contribution in [2.24, 2.45) is 0 Å². The lowest BCUT2D eigenvalue weighted by molar-refractivity contribution is -0.274. The van der Waals surface area contributed by atoms with Gasteiger partial charge in [-0.05, 0) is 48.5 Å². The number of anilines is 2. The first-order chi connectivity index (χ1) is 10.8. The van der Waals surface area contributed by atoms with Gasteiger partial charge in [-0.2, -0.15) is 0 Å². The van der Waals surface area contributed by atoms with Crippen molar-refractivity contribution in [1.29, 1.82) is 0 Å². The van der Waals surface area contributed by atoms with E-state index in [9.17, 15) is 18.0 Å². The van der Waals surface area contributed by atoms with Crippen molar-refractivity contribution in [2.45, 2.75) is 6.36 Å². The highest BCUT2D eigenvalue weighted by atomic mass is 79.9. The number of nitrogens with one attached hydrogen (secondary N) is 2. The van der Waals surface area contributed by atoms with Crippen LogP contribution >= 0.6 is 15.9 Å². The third-order valence-electron chi connectivity index (χ3n) is 2.67. The van der Waals surface area contributed by atoms with Crippen LogP contribution in [0.5, 0.6) is 5.75 Å². The average Bonchev–Trinajstić information content (AvgIpc) is 2.47. The molecule has 8 heteroatoms. The molecular formula is C15H12BrF3N2O2. The lowest BCUT2D eigenvalue weighted by Gasteiger charge is -2.10. The fourth-order valence-electron chi connectivity index (χ4n) is 1.70. The van der Waals surface area contributed by atoms with Gasteiger partial charge in [0.25, 0.3) is 0 Å². The van der Waals surface area contributed by atoms with Gasteiger partial charge in [-0.25, -0.2) is 0 Å². The highest BCUT2D eigenvalue weighted by Gasteiger charge is 2.30. The number of hydrogen-bond donors (Lipinski definition) is 2. The summed E-state index contributed by atoms with van der Waals surface area (Å²) in [6.07, 6.45) is -4.74. The Morgan fingerprint density at radius 1 is 1.00 bits per heavy atom. The van der Waals surface area contributed by atoms with E-state index >= 15 is 0 Å². The maximum atomic E-state index is 12.0. The van der Waals surface area contributed by atoms with Crippen molar-refractivity contribution in [3.05, 3.63) is 53.0 Å². The van der Waals surface area contributed by atoms with Crippen LogP contribution in [-0.4, -0.2) is 18.8 Å². The van der Waals surface area contributed by atoms with E-state index in [0.717, 1.165) is 22.3 Å². The number of carbonyl (C=O) groups is 1. The van der Waals surface area contributed by atoms with E-state index in [4.69, 9.17) is 0 Å². The van der Waals surface area contributed by atoms with Gasteiger partial charge >= 0.3 is 6.36 Å². The van der Waals surface area contributed by atoms with Crippen molar-refractivity contribution in [1.82, 2.24) is 0 Å². The van der Waals surface area contributed by atoms with Crippen LogP contribution in [0.2, 0.25) is 0 Å². The summed E-state index contributed by atoms with van der Waals surface area (Å²) in [5.41, 5.74) is 1.15. The lowest BCUT2D eigenvalue weighted by atomic mass is 10.3. The normalized spacial score (nSPS) is 11.0. The molecule has 122 valence electrons. The van der Waals surface area contributed by atoms with Crippen LogP contribution in [0.25, 0.3) is 0 Å². The Hall–Kier alpha value is -2.22. The first-order valence-corrected chi connectivity index (χ1v) is 7.26. The van der Waals surface area contributed by atoms with Crippen molar-refractivity contribution in [3.63, 3.8) is 0 Å². The number of amides is 1. The molecule has 2 rings (SSSR count). The van der Waals surface area contributed by atoms with E-state index in [1.165, 1.54) is 12.1 Å². The van der Waals surface area contributed by atoms with Crippen LogP contribution in [0, 0.1) is 0 Å². The molecule has 0 aliphatic carbocycles. The van der Waals surface area contributed by atoms with Crippen LogP contribution in [0.3, 0.4) is 0 Å². The van der Waals surface area contributed by atoms with Gasteiger partial charge in [0, 0.05) is 15.8 Å². The van der Waals surface area contributed by atoms with Gasteiger partial charge in [-0.1, -0.05) is 15.9 Å². The van der Waals surface area contributed by atoms with Gasteiger partial charge in [-0.15, -0.1) is 13.2 Å². The maximum absolute atomic E-state index is 12.0. The zero-order valence-electron chi connectivity index (χ0n) is 11.7. The Bertz CT molecular complexity index is 658. The molecule has 0 heterocycles. The number of ether oxygens (including phenoxy) is 1.